The number of halogens is 3. The van der Waals surface area contributed by atoms with Crippen molar-refractivity contribution in [3.8, 4) is 5.75 Å². The Labute approximate surface area is 156 Å². The number of rotatable bonds is 6. The Kier molecular flexibility index (Phi) is 6.74. The Morgan fingerprint density at radius 2 is 1.67 bits per heavy atom. The maximum absolute atomic E-state index is 12.6. The summed E-state index contributed by atoms with van der Waals surface area (Å²) in [5.41, 5.74) is 0. The number of carbonyl (C=O) groups excluding carboxylic acids is 1. The Bertz CT molecular complexity index is 740. The van der Waals surface area contributed by atoms with E-state index in [1.807, 2.05) is 13.8 Å². The van der Waals surface area contributed by atoms with Gasteiger partial charge in [-0.3, -0.25) is 4.79 Å². The van der Waals surface area contributed by atoms with Gasteiger partial charge < -0.3 is 9.64 Å². The maximum Gasteiger partial charge on any atom is 0.573 e. The average molecular weight is 408 g/mol. The third-order valence-electron chi connectivity index (χ3n) is 4.22. The molecule has 152 valence electrons. The number of sulfonamides is 1. The number of carbonyl (C=O) groups is 1. The smallest absolute Gasteiger partial charge is 0.406 e. The van der Waals surface area contributed by atoms with Gasteiger partial charge in [-0.1, -0.05) is 13.8 Å². The highest BCUT2D eigenvalue weighted by atomic mass is 32.2. The first kappa shape index (κ1) is 21.5. The molecule has 1 saturated heterocycles. The molecule has 0 bridgehead atoms. The first-order valence-electron chi connectivity index (χ1n) is 8.63. The van der Waals surface area contributed by atoms with Gasteiger partial charge in [0.05, 0.1) is 4.90 Å². The predicted molar refractivity (Wildman–Crippen MR) is 92.5 cm³/mol. The van der Waals surface area contributed by atoms with E-state index >= 15 is 0 Å². The van der Waals surface area contributed by atoms with Crippen molar-refractivity contribution in [2.45, 2.75) is 37.9 Å². The summed E-state index contributed by atoms with van der Waals surface area (Å²) < 4.78 is 66.8. The third kappa shape index (κ3) is 6.10. The van der Waals surface area contributed by atoms with Crippen LogP contribution in [0.5, 0.6) is 5.75 Å². The van der Waals surface area contributed by atoms with Gasteiger partial charge in [0.15, 0.2) is 0 Å². The minimum Gasteiger partial charge on any atom is -0.406 e. The molecule has 0 unspecified atom stereocenters. The fourth-order valence-electron chi connectivity index (χ4n) is 2.71. The van der Waals surface area contributed by atoms with Crippen LogP contribution in [0.15, 0.2) is 29.2 Å². The molecule has 1 aromatic rings. The summed E-state index contributed by atoms with van der Waals surface area (Å²) in [4.78, 5) is 13.7. The monoisotopic (exact) mass is 408 g/mol. The SMILES string of the molecule is CC(C)CCC(=O)N1CCN(S(=O)(=O)c2ccc(OC(F)(F)F)cc2)CC1. The van der Waals surface area contributed by atoms with Gasteiger partial charge in [-0.15, -0.1) is 13.2 Å². The van der Waals surface area contributed by atoms with E-state index in [2.05, 4.69) is 4.74 Å². The molecule has 10 heteroatoms. The van der Waals surface area contributed by atoms with Crippen LogP contribution in [0, 0.1) is 5.92 Å². The average Bonchev–Trinajstić information content (AvgIpc) is 2.59. The van der Waals surface area contributed by atoms with Crippen LogP contribution in [0.3, 0.4) is 0 Å². The van der Waals surface area contributed by atoms with Gasteiger partial charge in [0.1, 0.15) is 5.75 Å². The summed E-state index contributed by atoms with van der Waals surface area (Å²) in [6.07, 6.45) is -3.62. The van der Waals surface area contributed by atoms with E-state index in [9.17, 15) is 26.4 Å². The van der Waals surface area contributed by atoms with Gasteiger partial charge >= 0.3 is 6.36 Å². The van der Waals surface area contributed by atoms with E-state index in [1.54, 1.807) is 4.90 Å². The number of hydrogen-bond acceptors (Lipinski definition) is 4. The number of nitrogens with zero attached hydrogens (tertiary/aromatic N) is 2. The molecular weight excluding hydrogens is 385 g/mol. The van der Waals surface area contributed by atoms with Gasteiger partial charge in [-0.25, -0.2) is 8.42 Å². The normalized spacial score (nSPS) is 16.6. The molecule has 1 amide bonds. The first-order valence-corrected chi connectivity index (χ1v) is 10.1. The zero-order valence-electron chi connectivity index (χ0n) is 15.2. The Morgan fingerprint density at radius 3 is 2.15 bits per heavy atom. The lowest BCUT2D eigenvalue weighted by Gasteiger charge is -2.34. The van der Waals surface area contributed by atoms with E-state index in [0.29, 0.717) is 25.4 Å². The van der Waals surface area contributed by atoms with Crippen LogP contribution in [-0.4, -0.2) is 56.1 Å². The van der Waals surface area contributed by atoms with Gasteiger partial charge in [0.25, 0.3) is 0 Å². The summed E-state index contributed by atoms with van der Waals surface area (Å²) in [6.45, 7) is 4.95. The molecule has 1 aliphatic rings. The van der Waals surface area contributed by atoms with Crippen LogP contribution in [0.25, 0.3) is 0 Å². The number of ether oxygens (including phenoxy) is 1. The molecule has 1 aliphatic heterocycles. The lowest BCUT2D eigenvalue weighted by Crippen LogP contribution is -2.50. The summed E-state index contributed by atoms with van der Waals surface area (Å²) in [5.74, 6) is -0.0590. The lowest BCUT2D eigenvalue weighted by molar-refractivity contribution is -0.274. The second-order valence-electron chi connectivity index (χ2n) is 6.74. The summed E-state index contributed by atoms with van der Waals surface area (Å²) in [7, 11) is -3.84. The minimum absolute atomic E-state index is 0.00870. The van der Waals surface area contributed by atoms with Crippen LogP contribution in [-0.2, 0) is 14.8 Å². The third-order valence-corrected chi connectivity index (χ3v) is 6.13. The van der Waals surface area contributed by atoms with Crippen LogP contribution in [0.1, 0.15) is 26.7 Å². The lowest BCUT2D eigenvalue weighted by atomic mass is 10.1. The van der Waals surface area contributed by atoms with Gasteiger partial charge in [-0.2, -0.15) is 4.31 Å². The van der Waals surface area contributed by atoms with Crippen molar-refractivity contribution in [3.63, 3.8) is 0 Å². The van der Waals surface area contributed by atoms with Crippen LogP contribution >= 0.6 is 0 Å². The molecule has 1 aromatic carbocycles. The number of piperazine rings is 1. The van der Waals surface area contributed by atoms with Crippen molar-refractivity contribution >= 4 is 15.9 Å². The Hall–Kier alpha value is -1.81. The van der Waals surface area contributed by atoms with E-state index < -0.39 is 22.1 Å². The minimum atomic E-state index is -4.83. The largest absolute Gasteiger partial charge is 0.573 e. The molecular formula is C17H23F3N2O4S. The summed E-state index contributed by atoms with van der Waals surface area (Å²) in [6, 6.07) is 4.09. The molecule has 0 aromatic heterocycles. The van der Waals surface area contributed by atoms with Crippen molar-refractivity contribution in [1.82, 2.24) is 9.21 Å². The molecule has 2 rings (SSSR count). The number of benzene rings is 1. The quantitative estimate of drug-likeness (QED) is 0.726. The second kappa shape index (κ2) is 8.47. The van der Waals surface area contributed by atoms with E-state index in [1.165, 1.54) is 4.31 Å². The fraction of sp³-hybridized carbons (Fsp3) is 0.588. The number of alkyl halides is 3. The molecule has 6 nitrogen and oxygen atoms in total. The van der Waals surface area contributed by atoms with Crippen molar-refractivity contribution < 1.29 is 31.1 Å². The van der Waals surface area contributed by atoms with Gasteiger partial charge in [0.2, 0.25) is 15.9 Å². The molecule has 0 spiro atoms. The van der Waals surface area contributed by atoms with Gasteiger partial charge in [0, 0.05) is 32.6 Å². The molecule has 27 heavy (non-hydrogen) atoms. The molecule has 0 saturated carbocycles. The van der Waals surface area contributed by atoms with Crippen molar-refractivity contribution in [3.05, 3.63) is 24.3 Å². The molecule has 0 N–H and O–H groups in total. The summed E-state index contributed by atoms with van der Waals surface area (Å²) >= 11 is 0. The van der Waals surface area contributed by atoms with E-state index in [0.717, 1.165) is 30.7 Å². The van der Waals surface area contributed by atoms with Crippen molar-refractivity contribution in [2.75, 3.05) is 26.2 Å². The van der Waals surface area contributed by atoms with Crippen LogP contribution in [0.2, 0.25) is 0 Å². The van der Waals surface area contributed by atoms with E-state index in [-0.39, 0.29) is 23.9 Å². The highest BCUT2D eigenvalue weighted by molar-refractivity contribution is 7.89. The molecule has 0 radical (unpaired) electrons. The summed E-state index contributed by atoms with van der Waals surface area (Å²) in [5, 5.41) is 0. The highest BCUT2D eigenvalue weighted by Gasteiger charge is 2.32. The molecule has 0 atom stereocenters. The first-order chi connectivity index (χ1) is 12.5. The number of hydrogen-bond donors (Lipinski definition) is 0. The second-order valence-corrected chi connectivity index (χ2v) is 8.67. The van der Waals surface area contributed by atoms with Crippen LogP contribution < -0.4 is 4.74 Å². The molecule has 1 fully saturated rings. The van der Waals surface area contributed by atoms with Crippen molar-refractivity contribution in [1.29, 1.82) is 0 Å². The molecule has 1 heterocycles. The zero-order chi connectivity index (χ0) is 20.2. The Balaban J connectivity index is 1.97. The van der Waals surface area contributed by atoms with Crippen molar-refractivity contribution in [2.24, 2.45) is 5.92 Å². The maximum atomic E-state index is 12.6. The van der Waals surface area contributed by atoms with Gasteiger partial charge in [-0.05, 0) is 36.6 Å². The van der Waals surface area contributed by atoms with E-state index in [4.69, 9.17) is 0 Å². The predicted octanol–water partition coefficient (Wildman–Crippen LogP) is 2.85. The van der Waals surface area contributed by atoms with Crippen LogP contribution in [0.4, 0.5) is 13.2 Å². The fourth-order valence-corrected chi connectivity index (χ4v) is 4.13. The zero-order valence-corrected chi connectivity index (χ0v) is 16.0. The highest BCUT2D eigenvalue weighted by Crippen LogP contribution is 2.25. The topological polar surface area (TPSA) is 66.9 Å². The standard InChI is InChI=1S/C17H23F3N2O4S/c1-13(2)3-8-16(23)21-9-11-22(12-10-21)27(24,25)15-6-4-14(5-7-15)26-17(18,19)20/h4-7,13H,3,8-12H2,1-2H3. The Morgan fingerprint density at radius 1 is 1.11 bits per heavy atom. The molecule has 0 aliphatic carbocycles. The number of amides is 1.